The van der Waals surface area contributed by atoms with Crippen molar-refractivity contribution in [2.24, 2.45) is 0 Å². The molecule has 20 heavy (non-hydrogen) atoms. The number of nitrogens with zero attached hydrogens (tertiary/aromatic N) is 1. The molecule has 0 fully saturated rings. The second-order valence-corrected chi connectivity index (χ2v) is 5.82. The molecule has 0 saturated heterocycles. The van der Waals surface area contributed by atoms with Gasteiger partial charge in [-0.05, 0) is 0 Å². The Hall–Kier alpha value is -1.91. The van der Waals surface area contributed by atoms with Gasteiger partial charge in [0.15, 0.2) is 0 Å². The molecule has 1 heterocycles. The summed E-state index contributed by atoms with van der Waals surface area (Å²) < 4.78 is 11.5. The molecule has 3 rings (SSSR count). The quantitative estimate of drug-likeness (QED) is 0.689. The topological polar surface area (TPSA) is 31.4 Å². The maximum absolute atomic E-state index is 5.85. The van der Waals surface area contributed by atoms with Crippen molar-refractivity contribution in [3.63, 3.8) is 0 Å². The number of para-hydroxylation sites is 2. The standard InChI is InChI=1S/C10H9NO.C6H6O.Ga/c1-7-5-6-8-3-2-4-9(12)10(8)11-7;7-6-4-2-1-3-5-6;/h2-6,12H,1H3;1-5,7H;/q;;+1/p-2. The first-order valence-corrected chi connectivity index (χ1v) is 8.37. The van der Waals surface area contributed by atoms with Crippen molar-refractivity contribution >= 4 is 29.0 Å². The molecule has 0 amide bonds. The van der Waals surface area contributed by atoms with Crippen LogP contribution in [0.4, 0.5) is 0 Å². The van der Waals surface area contributed by atoms with Crippen LogP contribution in [0.5, 0.6) is 11.5 Å². The number of fused-ring (bicyclic) bond motifs is 1. The Morgan fingerprint density at radius 3 is 2.55 bits per heavy atom. The fraction of sp³-hybridized carbons (Fsp3) is 0.0625. The summed E-state index contributed by atoms with van der Waals surface area (Å²) in [5.41, 5.74) is 1.89. The molecule has 3 aromatic rings. The van der Waals surface area contributed by atoms with Crippen molar-refractivity contribution in [3.8, 4) is 11.5 Å². The van der Waals surface area contributed by atoms with Gasteiger partial charge in [0.1, 0.15) is 0 Å². The molecule has 0 bridgehead atoms. The second-order valence-electron chi connectivity index (χ2n) is 4.43. The number of aryl methyl sites for hydroxylation is 1. The minimum absolute atomic E-state index is 0.808. The predicted molar refractivity (Wildman–Crippen MR) is 79.9 cm³/mol. The van der Waals surface area contributed by atoms with Crippen LogP contribution in [0.2, 0.25) is 0 Å². The van der Waals surface area contributed by atoms with E-state index >= 15 is 0 Å². The molecular weight excluding hydrogens is 308 g/mol. The summed E-state index contributed by atoms with van der Waals surface area (Å²) in [4.78, 5) is 4.55. The maximum atomic E-state index is 5.85. The Bertz CT molecular complexity index is 716. The van der Waals surface area contributed by atoms with Crippen molar-refractivity contribution in [2.75, 3.05) is 0 Å². The van der Waals surface area contributed by atoms with Gasteiger partial charge < -0.3 is 0 Å². The molecular formula is C16H13GaNO2-. The molecule has 4 heteroatoms. The molecule has 0 unspecified atom stereocenters. The summed E-state index contributed by atoms with van der Waals surface area (Å²) >= 11 is -1.29. The van der Waals surface area contributed by atoms with Gasteiger partial charge in [-0.25, -0.2) is 0 Å². The third-order valence-electron chi connectivity index (χ3n) is 2.92. The van der Waals surface area contributed by atoms with E-state index in [0.717, 1.165) is 28.1 Å². The first-order chi connectivity index (χ1) is 9.83. The Morgan fingerprint density at radius 1 is 0.850 bits per heavy atom. The zero-order chi connectivity index (χ0) is 13.8. The van der Waals surface area contributed by atoms with Crippen LogP contribution in [-0.2, 0) is 0 Å². The zero-order valence-electron chi connectivity index (χ0n) is 11.1. The van der Waals surface area contributed by atoms with Crippen molar-refractivity contribution in [1.29, 1.82) is 0 Å². The van der Waals surface area contributed by atoms with Gasteiger partial charge in [0.25, 0.3) is 0 Å². The number of aromatic nitrogens is 1. The van der Waals surface area contributed by atoms with E-state index in [1.54, 1.807) is 0 Å². The minimum atomic E-state index is -1.29. The molecule has 2 aromatic carbocycles. The second kappa shape index (κ2) is 6.03. The molecule has 98 valence electrons. The Labute approximate surface area is 126 Å². The van der Waals surface area contributed by atoms with E-state index in [9.17, 15) is 0 Å². The number of hydrogen-bond donors (Lipinski definition) is 0. The number of pyridine rings is 1. The third kappa shape index (κ3) is 2.97. The monoisotopic (exact) mass is 320 g/mol. The average molecular weight is 321 g/mol. The van der Waals surface area contributed by atoms with Crippen molar-refractivity contribution in [3.05, 3.63) is 66.4 Å². The first kappa shape index (κ1) is 13.1. The molecule has 0 saturated carbocycles. The van der Waals surface area contributed by atoms with Crippen LogP contribution in [0.1, 0.15) is 5.69 Å². The molecule has 0 aliphatic heterocycles. The van der Waals surface area contributed by atoms with E-state index in [4.69, 9.17) is 7.06 Å². The predicted octanol–water partition coefficient (Wildman–Crippen LogP) is 3.54. The van der Waals surface area contributed by atoms with E-state index in [2.05, 4.69) is 11.1 Å². The van der Waals surface area contributed by atoms with Crippen LogP contribution < -0.4 is 7.06 Å². The third-order valence-corrected chi connectivity index (χ3v) is 4.43. The van der Waals surface area contributed by atoms with E-state index in [1.165, 1.54) is 0 Å². The van der Waals surface area contributed by atoms with E-state index < -0.39 is 18.1 Å². The summed E-state index contributed by atoms with van der Waals surface area (Å²) in [5.74, 6) is 1.67. The van der Waals surface area contributed by atoms with Crippen LogP contribution in [0.15, 0.2) is 60.7 Å². The van der Waals surface area contributed by atoms with Crippen molar-refractivity contribution < 1.29 is 7.06 Å². The van der Waals surface area contributed by atoms with Crippen LogP contribution >= 0.6 is 0 Å². The summed E-state index contributed by atoms with van der Waals surface area (Å²) in [6, 6.07) is 19.8. The SMILES string of the molecule is Cc1ccc2cccc([O][Ga-][O]c3ccccc3)c2n1. The Morgan fingerprint density at radius 2 is 1.70 bits per heavy atom. The van der Waals surface area contributed by atoms with Crippen molar-refractivity contribution in [2.45, 2.75) is 6.92 Å². The molecule has 0 aliphatic carbocycles. The van der Waals surface area contributed by atoms with Crippen LogP contribution in [0.3, 0.4) is 0 Å². The molecule has 0 aliphatic rings. The van der Waals surface area contributed by atoms with Crippen molar-refractivity contribution in [1.82, 2.24) is 4.98 Å². The van der Waals surface area contributed by atoms with Crippen LogP contribution in [0.25, 0.3) is 10.9 Å². The fourth-order valence-corrected chi connectivity index (χ4v) is 3.22. The van der Waals surface area contributed by atoms with Gasteiger partial charge in [0.05, 0.1) is 0 Å². The van der Waals surface area contributed by atoms with Gasteiger partial charge >= 0.3 is 126 Å². The summed E-state index contributed by atoms with van der Waals surface area (Å²) in [7, 11) is 0. The molecule has 2 radical (unpaired) electrons. The van der Waals surface area contributed by atoms with Gasteiger partial charge in [0, 0.05) is 0 Å². The summed E-state index contributed by atoms with van der Waals surface area (Å²) in [6.45, 7) is 1.98. The molecule has 0 atom stereocenters. The van der Waals surface area contributed by atoms with Crippen LogP contribution in [-0.4, -0.2) is 23.1 Å². The van der Waals surface area contributed by atoms with Gasteiger partial charge in [0.2, 0.25) is 0 Å². The molecule has 0 spiro atoms. The number of hydrogen-bond acceptors (Lipinski definition) is 3. The van der Waals surface area contributed by atoms with Gasteiger partial charge in [-0.1, -0.05) is 0 Å². The molecule has 0 N–H and O–H groups in total. The average Bonchev–Trinajstić information content (AvgIpc) is 2.49. The molecule has 3 nitrogen and oxygen atoms in total. The summed E-state index contributed by atoms with van der Waals surface area (Å²) in [5, 5.41) is 1.09. The Balaban J connectivity index is 1.76. The summed E-state index contributed by atoms with van der Waals surface area (Å²) in [6.07, 6.45) is 0. The number of rotatable bonds is 4. The van der Waals surface area contributed by atoms with Crippen LogP contribution in [0, 0.1) is 6.92 Å². The van der Waals surface area contributed by atoms with E-state index in [-0.39, 0.29) is 0 Å². The van der Waals surface area contributed by atoms with Gasteiger partial charge in [-0.3, -0.25) is 0 Å². The van der Waals surface area contributed by atoms with Gasteiger partial charge in [-0.15, -0.1) is 0 Å². The Kier molecular flexibility index (Phi) is 3.94. The zero-order valence-corrected chi connectivity index (χ0v) is 13.5. The normalized spacial score (nSPS) is 10.4. The van der Waals surface area contributed by atoms with E-state index in [0.29, 0.717) is 0 Å². The fourth-order valence-electron chi connectivity index (χ4n) is 1.94. The molecule has 1 aromatic heterocycles. The first-order valence-electron chi connectivity index (χ1n) is 6.39. The van der Waals surface area contributed by atoms with Gasteiger partial charge in [-0.2, -0.15) is 0 Å². The number of benzene rings is 2. The van der Waals surface area contributed by atoms with E-state index in [1.807, 2.05) is 61.5 Å².